The summed E-state index contributed by atoms with van der Waals surface area (Å²) in [5, 5.41) is 0.446. The molecule has 1 fully saturated rings. The van der Waals surface area contributed by atoms with Crippen molar-refractivity contribution in [2.24, 2.45) is 0 Å². The molecule has 0 spiro atoms. The minimum Gasteiger partial charge on any atom is -0.497 e. The molecule has 35 heavy (non-hydrogen) atoms. The first kappa shape index (κ1) is 22.9. The van der Waals surface area contributed by atoms with Crippen LogP contribution in [0.5, 0.6) is 5.75 Å². The molecule has 0 saturated carbocycles. The molecule has 1 saturated heterocycles. The third-order valence-corrected chi connectivity index (χ3v) is 6.40. The number of methoxy groups -OCH3 is 1. The monoisotopic (exact) mass is 495 g/mol. The normalized spacial score (nSPS) is 13.9. The topological polar surface area (TPSA) is 82.9 Å². The van der Waals surface area contributed by atoms with Gasteiger partial charge in [-0.2, -0.15) is 0 Å². The van der Waals surface area contributed by atoms with E-state index in [4.69, 9.17) is 16.3 Å². The lowest BCUT2D eigenvalue weighted by Gasteiger charge is -2.35. The van der Waals surface area contributed by atoms with Gasteiger partial charge >= 0.3 is 0 Å². The number of pyridine rings is 1. The number of halogens is 2. The number of carbonyl (C=O) groups is 1. The van der Waals surface area contributed by atoms with Gasteiger partial charge in [0.1, 0.15) is 22.9 Å². The second-order valence-electron chi connectivity index (χ2n) is 8.35. The molecule has 180 valence electrons. The van der Waals surface area contributed by atoms with Gasteiger partial charge in [0.25, 0.3) is 11.5 Å². The quantitative estimate of drug-likeness (QED) is 0.459. The Bertz CT molecular complexity index is 1460. The Hall–Kier alpha value is -3.85. The zero-order valence-electron chi connectivity index (χ0n) is 19.0. The maximum absolute atomic E-state index is 14.7. The number of hydrogen-bond donors (Lipinski definition) is 1. The number of nitrogens with one attached hydrogen (secondary N) is 1. The van der Waals surface area contributed by atoms with E-state index in [1.165, 1.54) is 6.07 Å². The second-order valence-corrected chi connectivity index (χ2v) is 8.78. The van der Waals surface area contributed by atoms with Crippen LogP contribution >= 0.6 is 11.6 Å². The van der Waals surface area contributed by atoms with E-state index in [-0.39, 0.29) is 17.0 Å². The largest absolute Gasteiger partial charge is 0.497 e. The van der Waals surface area contributed by atoms with E-state index < -0.39 is 5.82 Å². The lowest BCUT2D eigenvalue weighted by molar-refractivity contribution is 0.0741. The SMILES string of the molecule is COc1ccnc(N2CCN(C(=O)c3cc(Cc4c[nH]c(=O)c5cc(Cl)cn45)ccc3F)CC2)c1. The van der Waals surface area contributed by atoms with Gasteiger partial charge in [-0.05, 0) is 29.8 Å². The van der Waals surface area contributed by atoms with Crippen molar-refractivity contribution in [3.05, 3.63) is 93.0 Å². The van der Waals surface area contributed by atoms with Gasteiger partial charge in [-0.1, -0.05) is 17.7 Å². The van der Waals surface area contributed by atoms with Gasteiger partial charge in [-0.3, -0.25) is 9.59 Å². The summed E-state index contributed by atoms with van der Waals surface area (Å²) in [5.41, 5.74) is 1.71. The van der Waals surface area contributed by atoms with Crippen molar-refractivity contribution < 1.29 is 13.9 Å². The van der Waals surface area contributed by atoms with Gasteiger partial charge in [-0.25, -0.2) is 9.37 Å². The Balaban J connectivity index is 1.32. The molecular weight excluding hydrogens is 473 g/mol. The summed E-state index contributed by atoms with van der Waals surface area (Å²) >= 11 is 6.08. The number of carbonyl (C=O) groups excluding carboxylic acids is 1. The van der Waals surface area contributed by atoms with Crippen molar-refractivity contribution >= 4 is 28.8 Å². The minimum atomic E-state index is -0.564. The summed E-state index contributed by atoms with van der Waals surface area (Å²) in [5.74, 6) is 0.584. The zero-order valence-corrected chi connectivity index (χ0v) is 19.8. The van der Waals surface area contributed by atoms with E-state index in [2.05, 4.69) is 14.9 Å². The number of piperazine rings is 1. The van der Waals surface area contributed by atoms with Crippen molar-refractivity contribution in [2.75, 3.05) is 38.2 Å². The standard InChI is InChI=1S/C25H23ClFN5O3/c1-35-19-4-5-28-23(13-19)30-6-8-31(9-7-30)25(34)20-11-16(2-3-21(20)27)10-18-14-29-24(33)22-12-17(26)15-32(18)22/h2-5,11-15H,6-10H2,1H3,(H,29,33). The number of fused-ring (bicyclic) bond motifs is 1. The highest BCUT2D eigenvalue weighted by Gasteiger charge is 2.25. The Morgan fingerprint density at radius 2 is 1.97 bits per heavy atom. The number of rotatable bonds is 5. The molecule has 0 aliphatic carbocycles. The number of amides is 1. The van der Waals surface area contributed by atoms with E-state index in [9.17, 15) is 14.0 Å². The Kier molecular flexibility index (Phi) is 6.17. The van der Waals surface area contributed by atoms with Crippen LogP contribution < -0.4 is 15.2 Å². The van der Waals surface area contributed by atoms with Gasteiger partial charge in [0.15, 0.2) is 0 Å². The Morgan fingerprint density at radius 1 is 1.17 bits per heavy atom. The molecule has 0 unspecified atom stereocenters. The molecule has 1 aliphatic rings. The molecular formula is C25H23ClFN5O3. The van der Waals surface area contributed by atoms with Crippen LogP contribution in [0.1, 0.15) is 21.6 Å². The smallest absolute Gasteiger partial charge is 0.272 e. The molecule has 5 rings (SSSR count). The van der Waals surface area contributed by atoms with Gasteiger partial charge in [0, 0.05) is 63.0 Å². The number of hydrogen-bond acceptors (Lipinski definition) is 5. The summed E-state index contributed by atoms with van der Waals surface area (Å²) < 4.78 is 21.7. The van der Waals surface area contributed by atoms with Crippen LogP contribution in [0.15, 0.2) is 59.8 Å². The first-order valence-electron chi connectivity index (χ1n) is 11.1. The molecule has 8 nitrogen and oxygen atoms in total. The molecule has 0 bridgehead atoms. The predicted octanol–water partition coefficient (Wildman–Crippen LogP) is 3.38. The fourth-order valence-corrected chi connectivity index (χ4v) is 4.54. The second kappa shape index (κ2) is 9.42. The van der Waals surface area contributed by atoms with Crippen molar-refractivity contribution in [1.29, 1.82) is 0 Å². The third-order valence-electron chi connectivity index (χ3n) is 6.19. The highest BCUT2D eigenvalue weighted by atomic mass is 35.5. The maximum Gasteiger partial charge on any atom is 0.272 e. The number of ether oxygens (including phenoxy) is 1. The Labute approximate surface area is 205 Å². The maximum atomic E-state index is 14.7. The fourth-order valence-electron chi connectivity index (χ4n) is 4.34. The van der Waals surface area contributed by atoms with Crippen LogP contribution in [0.4, 0.5) is 10.2 Å². The highest BCUT2D eigenvalue weighted by molar-refractivity contribution is 6.31. The van der Waals surface area contributed by atoms with Gasteiger partial charge in [-0.15, -0.1) is 0 Å². The van der Waals surface area contributed by atoms with Crippen LogP contribution in [-0.4, -0.2) is 58.5 Å². The van der Waals surface area contributed by atoms with E-state index in [0.717, 1.165) is 17.1 Å². The van der Waals surface area contributed by atoms with Crippen molar-refractivity contribution in [2.45, 2.75) is 6.42 Å². The molecule has 0 radical (unpaired) electrons. The van der Waals surface area contributed by atoms with Crippen LogP contribution in [0, 0.1) is 5.82 Å². The van der Waals surface area contributed by atoms with E-state index >= 15 is 0 Å². The lowest BCUT2D eigenvalue weighted by Crippen LogP contribution is -2.49. The third kappa shape index (κ3) is 4.59. The molecule has 4 aromatic rings. The number of H-pyrrole nitrogens is 1. The number of anilines is 1. The van der Waals surface area contributed by atoms with Crippen molar-refractivity contribution in [3.8, 4) is 5.75 Å². The predicted molar refractivity (Wildman–Crippen MR) is 131 cm³/mol. The molecule has 1 N–H and O–H groups in total. The van der Waals surface area contributed by atoms with E-state index in [1.807, 2.05) is 6.07 Å². The number of nitrogens with zero attached hydrogens (tertiary/aromatic N) is 4. The van der Waals surface area contributed by atoms with E-state index in [1.54, 1.807) is 59.3 Å². The summed E-state index contributed by atoms with van der Waals surface area (Å²) in [6, 6.07) is 9.75. The van der Waals surface area contributed by atoms with Crippen LogP contribution in [0.2, 0.25) is 5.02 Å². The summed E-state index contributed by atoms with van der Waals surface area (Å²) in [6.07, 6.45) is 5.33. The molecule has 10 heteroatoms. The highest BCUT2D eigenvalue weighted by Crippen LogP contribution is 2.22. The van der Waals surface area contributed by atoms with Crippen molar-refractivity contribution in [3.63, 3.8) is 0 Å². The molecule has 3 aromatic heterocycles. The van der Waals surface area contributed by atoms with Gasteiger partial charge in [0.05, 0.1) is 17.7 Å². The fraction of sp³-hybridized carbons (Fsp3) is 0.240. The average molecular weight is 496 g/mol. The Morgan fingerprint density at radius 3 is 2.74 bits per heavy atom. The number of benzene rings is 1. The first-order valence-corrected chi connectivity index (χ1v) is 11.5. The molecule has 4 heterocycles. The minimum absolute atomic E-state index is 0.0293. The van der Waals surface area contributed by atoms with Gasteiger partial charge in [0.2, 0.25) is 0 Å². The number of aromatic amines is 1. The molecule has 0 atom stereocenters. The van der Waals surface area contributed by atoms with E-state index in [0.29, 0.717) is 48.9 Å². The lowest BCUT2D eigenvalue weighted by atomic mass is 10.0. The number of aromatic nitrogens is 3. The van der Waals surface area contributed by atoms with Crippen LogP contribution in [0.25, 0.3) is 5.52 Å². The summed E-state index contributed by atoms with van der Waals surface area (Å²) in [4.78, 5) is 36.1. The first-order chi connectivity index (χ1) is 16.9. The molecule has 1 aromatic carbocycles. The van der Waals surface area contributed by atoms with Gasteiger partial charge < -0.3 is 23.9 Å². The summed E-state index contributed by atoms with van der Waals surface area (Å²) in [7, 11) is 1.60. The molecule has 1 amide bonds. The van der Waals surface area contributed by atoms with Crippen molar-refractivity contribution in [1.82, 2.24) is 19.3 Å². The zero-order chi connectivity index (χ0) is 24.5. The average Bonchev–Trinajstić information content (AvgIpc) is 3.29. The summed E-state index contributed by atoms with van der Waals surface area (Å²) in [6.45, 7) is 2.06. The molecule has 1 aliphatic heterocycles. The van der Waals surface area contributed by atoms with Crippen LogP contribution in [-0.2, 0) is 6.42 Å². The van der Waals surface area contributed by atoms with Crippen LogP contribution in [0.3, 0.4) is 0 Å².